The van der Waals surface area contributed by atoms with Gasteiger partial charge in [0.15, 0.2) is 5.78 Å². The van der Waals surface area contributed by atoms with Crippen molar-refractivity contribution in [1.29, 1.82) is 0 Å². The number of Topliss-reactive ketones (excluding diaryl/α,β-unsaturated/α-hetero) is 1. The van der Waals surface area contributed by atoms with E-state index in [4.69, 9.17) is 9.47 Å². The van der Waals surface area contributed by atoms with Crippen LogP contribution in [0, 0.1) is 5.92 Å². The van der Waals surface area contributed by atoms with Crippen LogP contribution >= 0.6 is 0 Å². The fourth-order valence-corrected chi connectivity index (χ4v) is 2.49. The Bertz CT molecular complexity index is 606. The molecule has 26 heavy (non-hydrogen) atoms. The molecular weight excluding hydrogens is 334 g/mol. The third-order valence-electron chi connectivity index (χ3n) is 3.64. The molecule has 0 saturated heterocycles. The lowest BCUT2D eigenvalue weighted by Crippen LogP contribution is -2.48. The Balaban J connectivity index is 2.99. The lowest BCUT2D eigenvalue weighted by molar-refractivity contribution is -0.152. The molecule has 0 aliphatic heterocycles. The number of alkyl carbamates (subject to hydrolysis) is 1. The van der Waals surface area contributed by atoms with Crippen LogP contribution in [0.1, 0.15) is 46.6 Å². The molecule has 0 bridgehead atoms. The van der Waals surface area contributed by atoms with Crippen LogP contribution in [-0.2, 0) is 25.5 Å². The van der Waals surface area contributed by atoms with E-state index in [-0.39, 0.29) is 18.8 Å². The van der Waals surface area contributed by atoms with Gasteiger partial charge in [0.05, 0.1) is 12.6 Å². The fourth-order valence-electron chi connectivity index (χ4n) is 2.49. The lowest BCUT2D eigenvalue weighted by atomic mass is 9.91. The molecule has 1 aromatic rings. The summed E-state index contributed by atoms with van der Waals surface area (Å²) in [6.07, 6.45) is -0.112. The molecule has 0 aromatic heterocycles. The summed E-state index contributed by atoms with van der Waals surface area (Å²) in [6.45, 7) is 8.86. The Morgan fingerprint density at radius 2 is 1.69 bits per heavy atom. The van der Waals surface area contributed by atoms with Gasteiger partial charge in [-0.3, -0.25) is 9.59 Å². The van der Waals surface area contributed by atoms with Crippen LogP contribution < -0.4 is 5.32 Å². The van der Waals surface area contributed by atoms with Crippen LogP contribution in [0.4, 0.5) is 4.79 Å². The van der Waals surface area contributed by atoms with Crippen molar-refractivity contribution in [3.63, 3.8) is 0 Å². The minimum absolute atomic E-state index is 0.200. The second-order valence-electron chi connectivity index (χ2n) is 7.00. The van der Waals surface area contributed by atoms with E-state index < -0.39 is 29.6 Å². The molecule has 2 unspecified atom stereocenters. The molecule has 0 aliphatic carbocycles. The molecule has 1 amide bonds. The molecule has 6 heteroatoms. The first-order chi connectivity index (χ1) is 12.2. The molecule has 0 spiro atoms. The van der Waals surface area contributed by atoms with Crippen LogP contribution in [0.2, 0.25) is 0 Å². The largest absolute Gasteiger partial charge is 0.465 e. The first kappa shape index (κ1) is 21.7. The summed E-state index contributed by atoms with van der Waals surface area (Å²) < 4.78 is 10.3. The predicted molar refractivity (Wildman–Crippen MR) is 98.7 cm³/mol. The highest BCUT2D eigenvalue weighted by atomic mass is 16.6. The Morgan fingerprint density at radius 1 is 1.08 bits per heavy atom. The molecule has 0 aliphatic rings. The number of ether oxygens (including phenoxy) is 2. The van der Waals surface area contributed by atoms with Gasteiger partial charge in [-0.05, 0) is 46.1 Å². The smallest absolute Gasteiger partial charge is 0.408 e. The highest BCUT2D eigenvalue weighted by Crippen LogP contribution is 2.15. The highest BCUT2D eigenvalue weighted by Gasteiger charge is 2.34. The van der Waals surface area contributed by atoms with Crippen LogP contribution in [0.5, 0.6) is 0 Å². The van der Waals surface area contributed by atoms with Crippen molar-refractivity contribution in [2.24, 2.45) is 5.92 Å². The first-order valence-corrected chi connectivity index (χ1v) is 8.91. The van der Waals surface area contributed by atoms with Crippen molar-refractivity contribution < 1.29 is 23.9 Å². The van der Waals surface area contributed by atoms with Gasteiger partial charge in [-0.15, -0.1) is 0 Å². The highest BCUT2D eigenvalue weighted by molar-refractivity contribution is 6.02. The van der Waals surface area contributed by atoms with E-state index in [2.05, 4.69) is 5.32 Å². The van der Waals surface area contributed by atoms with Gasteiger partial charge in [0.25, 0.3) is 0 Å². The van der Waals surface area contributed by atoms with E-state index in [0.29, 0.717) is 6.42 Å². The summed E-state index contributed by atoms with van der Waals surface area (Å²) in [6, 6.07) is 8.43. The third-order valence-corrected chi connectivity index (χ3v) is 3.64. The van der Waals surface area contributed by atoms with Gasteiger partial charge >= 0.3 is 12.1 Å². The van der Waals surface area contributed by atoms with Crippen LogP contribution in [0.15, 0.2) is 30.3 Å². The van der Waals surface area contributed by atoms with E-state index in [1.54, 1.807) is 34.6 Å². The molecule has 2 atom stereocenters. The standard InChI is InChI=1S/C20H29NO5/c1-6-15(18(23)25-7-2)17(22)16(13-14-11-9-8-10-12-14)21-19(24)26-20(3,4)5/h8-12,15-16H,6-7,13H2,1-5H3,(H,21,24). The van der Waals surface area contributed by atoms with E-state index >= 15 is 0 Å². The number of hydrogen-bond donors (Lipinski definition) is 1. The molecule has 0 radical (unpaired) electrons. The average Bonchev–Trinajstić information content (AvgIpc) is 2.54. The zero-order chi connectivity index (χ0) is 19.7. The predicted octanol–water partition coefficient (Wildman–Crippen LogP) is 3.28. The van der Waals surface area contributed by atoms with Crippen molar-refractivity contribution >= 4 is 17.8 Å². The van der Waals surface area contributed by atoms with E-state index in [0.717, 1.165) is 5.56 Å². The maximum absolute atomic E-state index is 12.9. The Labute approximate surface area is 155 Å². The molecule has 1 aromatic carbocycles. The van der Waals surface area contributed by atoms with Gasteiger partial charge in [-0.2, -0.15) is 0 Å². The summed E-state index contributed by atoms with van der Waals surface area (Å²) in [5, 5.41) is 2.62. The second kappa shape index (κ2) is 9.94. The SMILES string of the molecule is CCOC(=O)C(CC)C(=O)C(Cc1ccccc1)NC(=O)OC(C)(C)C. The minimum atomic E-state index is -0.918. The van der Waals surface area contributed by atoms with Gasteiger partial charge in [0.2, 0.25) is 0 Å². The Kier molecular flexibility index (Phi) is 8.29. The number of nitrogens with one attached hydrogen (secondary N) is 1. The summed E-state index contributed by atoms with van der Waals surface area (Å²) in [5.41, 5.74) is 0.191. The number of carbonyl (C=O) groups excluding carboxylic acids is 3. The quantitative estimate of drug-likeness (QED) is 0.566. The average molecular weight is 363 g/mol. The first-order valence-electron chi connectivity index (χ1n) is 8.91. The van der Waals surface area contributed by atoms with Crippen molar-refractivity contribution in [3.05, 3.63) is 35.9 Å². The minimum Gasteiger partial charge on any atom is -0.465 e. The van der Waals surface area contributed by atoms with E-state index in [1.165, 1.54) is 0 Å². The van der Waals surface area contributed by atoms with Gasteiger partial charge in [-0.1, -0.05) is 37.3 Å². The number of benzene rings is 1. The summed E-state index contributed by atoms with van der Waals surface area (Å²) in [4.78, 5) is 37.2. The number of carbonyl (C=O) groups is 3. The fraction of sp³-hybridized carbons (Fsp3) is 0.550. The van der Waals surface area contributed by atoms with Crippen molar-refractivity contribution in [2.75, 3.05) is 6.61 Å². The Hall–Kier alpha value is -2.37. The van der Waals surface area contributed by atoms with Crippen LogP contribution in [-0.4, -0.2) is 36.1 Å². The molecule has 6 nitrogen and oxygen atoms in total. The number of rotatable bonds is 8. The van der Waals surface area contributed by atoms with Crippen molar-refractivity contribution in [1.82, 2.24) is 5.32 Å². The topological polar surface area (TPSA) is 81.7 Å². The second-order valence-corrected chi connectivity index (χ2v) is 7.00. The molecule has 0 heterocycles. The van der Waals surface area contributed by atoms with Gasteiger partial charge in [-0.25, -0.2) is 4.79 Å². The molecule has 0 saturated carbocycles. The number of ketones is 1. The molecule has 0 fully saturated rings. The molecule has 1 N–H and O–H groups in total. The number of esters is 1. The zero-order valence-electron chi connectivity index (χ0n) is 16.2. The van der Waals surface area contributed by atoms with E-state index in [9.17, 15) is 14.4 Å². The third kappa shape index (κ3) is 7.25. The maximum Gasteiger partial charge on any atom is 0.408 e. The monoisotopic (exact) mass is 363 g/mol. The maximum atomic E-state index is 12.9. The van der Waals surface area contributed by atoms with E-state index in [1.807, 2.05) is 30.3 Å². The van der Waals surface area contributed by atoms with Gasteiger partial charge < -0.3 is 14.8 Å². The molecule has 1 rings (SSSR count). The van der Waals surface area contributed by atoms with Crippen molar-refractivity contribution in [3.8, 4) is 0 Å². The number of amides is 1. The zero-order valence-corrected chi connectivity index (χ0v) is 16.2. The summed E-state index contributed by atoms with van der Waals surface area (Å²) >= 11 is 0. The number of hydrogen-bond acceptors (Lipinski definition) is 5. The summed E-state index contributed by atoms with van der Waals surface area (Å²) in [5.74, 6) is -1.86. The van der Waals surface area contributed by atoms with Gasteiger partial charge in [0.1, 0.15) is 11.5 Å². The van der Waals surface area contributed by atoms with Gasteiger partial charge in [0, 0.05) is 0 Å². The lowest BCUT2D eigenvalue weighted by Gasteiger charge is -2.25. The van der Waals surface area contributed by atoms with Crippen LogP contribution in [0.25, 0.3) is 0 Å². The Morgan fingerprint density at radius 3 is 2.19 bits per heavy atom. The summed E-state index contributed by atoms with van der Waals surface area (Å²) in [7, 11) is 0. The van der Waals surface area contributed by atoms with Crippen LogP contribution in [0.3, 0.4) is 0 Å². The normalized spacial score (nSPS) is 13.4. The van der Waals surface area contributed by atoms with Crippen molar-refractivity contribution in [2.45, 2.75) is 59.1 Å². The molecule has 144 valence electrons. The molecular formula is C20H29NO5.